The zero-order valence-corrected chi connectivity index (χ0v) is 10.7. The molecule has 3 heterocycles. The highest BCUT2D eigenvalue weighted by Gasteiger charge is 2.13. The number of fused-ring (bicyclic) bond motifs is 1. The molecule has 2 aromatic heterocycles. The monoisotopic (exact) mass is 252 g/mol. The van der Waals surface area contributed by atoms with Crippen molar-refractivity contribution < 1.29 is 0 Å². The predicted molar refractivity (Wildman–Crippen MR) is 66.2 cm³/mol. The van der Waals surface area contributed by atoms with Crippen LogP contribution in [0.4, 0.5) is 0 Å². The van der Waals surface area contributed by atoms with Gasteiger partial charge in [-0.2, -0.15) is 9.61 Å². The number of nitrogens with one attached hydrogen (secondary N) is 1. The van der Waals surface area contributed by atoms with Crippen LogP contribution in [-0.4, -0.2) is 50.9 Å². The second-order valence-electron chi connectivity index (χ2n) is 4.32. The first-order valence-electron chi connectivity index (χ1n) is 5.94. The van der Waals surface area contributed by atoms with Gasteiger partial charge in [0.2, 0.25) is 4.96 Å². The van der Waals surface area contributed by atoms with Gasteiger partial charge in [0, 0.05) is 13.1 Å². The lowest BCUT2D eigenvalue weighted by Crippen LogP contribution is -2.27. The maximum Gasteiger partial charge on any atom is 0.234 e. The van der Waals surface area contributed by atoms with E-state index < -0.39 is 0 Å². The summed E-state index contributed by atoms with van der Waals surface area (Å²) in [7, 11) is 0. The number of hydrogen-bond donors (Lipinski definition) is 1. The fraction of sp³-hybridized carbons (Fsp3) is 0.700. The summed E-state index contributed by atoms with van der Waals surface area (Å²) in [6.07, 6.45) is 1.21. The van der Waals surface area contributed by atoms with Crippen LogP contribution in [0.15, 0.2) is 0 Å². The van der Waals surface area contributed by atoms with Crippen molar-refractivity contribution >= 4 is 16.3 Å². The van der Waals surface area contributed by atoms with Crippen LogP contribution in [-0.2, 0) is 6.54 Å². The van der Waals surface area contributed by atoms with Gasteiger partial charge < -0.3 is 5.32 Å². The van der Waals surface area contributed by atoms with Crippen molar-refractivity contribution in [1.29, 1.82) is 0 Å². The van der Waals surface area contributed by atoms with Gasteiger partial charge in [-0.1, -0.05) is 11.3 Å². The number of nitrogens with zero attached hydrogens (tertiary/aromatic N) is 5. The van der Waals surface area contributed by atoms with Crippen molar-refractivity contribution in [2.24, 2.45) is 0 Å². The summed E-state index contributed by atoms with van der Waals surface area (Å²) < 4.78 is 1.83. The molecule has 1 N–H and O–H groups in total. The molecule has 0 aromatic carbocycles. The number of aryl methyl sites for hydroxylation is 1. The van der Waals surface area contributed by atoms with Gasteiger partial charge in [0.25, 0.3) is 0 Å². The van der Waals surface area contributed by atoms with Crippen molar-refractivity contribution in [1.82, 2.24) is 30.0 Å². The Morgan fingerprint density at radius 2 is 2.24 bits per heavy atom. The van der Waals surface area contributed by atoms with Gasteiger partial charge in [-0.05, 0) is 26.4 Å². The Kier molecular flexibility index (Phi) is 3.04. The van der Waals surface area contributed by atoms with Gasteiger partial charge in [-0.15, -0.1) is 10.2 Å². The first kappa shape index (κ1) is 11.1. The zero-order chi connectivity index (χ0) is 11.7. The molecule has 0 unspecified atom stereocenters. The van der Waals surface area contributed by atoms with E-state index in [0.29, 0.717) is 0 Å². The van der Waals surface area contributed by atoms with E-state index in [0.717, 1.165) is 48.5 Å². The van der Waals surface area contributed by atoms with Crippen molar-refractivity contribution in [2.45, 2.75) is 19.9 Å². The van der Waals surface area contributed by atoms with Crippen LogP contribution in [0.1, 0.15) is 17.3 Å². The van der Waals surface area contributed by atoms with Crippen LogP contribution in [0.3, 0.4) is 0 Å². The average Bonchev–Trinajstić information content (AvgIpc) is 2.73. The standard InChI is InChI=1S/C10H16N6S/c1-8-12-13-10-16(8)14-9(17-10)7-15-5-2-3-11-4-6-15/h11H,2-7H2,1H3. The highest BCUT2D eigenvalue weighted by atomic mass is 32.1. The average molecular weight is 252 g/mol. The molecular formula is C10H16N6S. The van der Waals surface area contributed by atoms with E-state index in [-0.39, 0.29) is 0 Å². The molecule has 1 fully saturated rings. The molecule has 0 aliphatic carbocycles. The van der Waals surface area contributed by atoms with Crippen LogP contribution in [0.25, 0.3) is 4.96 Å². The summed E-state index contributed by atoms with van der Waals surface area (Å²) in [5.74, 6) is 0.861. The number of aromatic nitrogens is 4. The maximum absolute atomic E-state index is 4.55. The summed E-state index contributed by atoms with van der Waals surface area (Å²) in [6, 6.07) is 0. The highest BCUT2D eigenvalue weighted by molar-refractivity contribution is 7.16. The Balaban J connectivity index is 1.74. The smallest absolute Gasteiger partial charge is 0.234 e. The summed E-state index contributed by atoms with van der Waals surface area (Å²) >= 11 is 1.63. The number of rotatable bonds is 2. The fourth-order valence-corrected chi connectivity index (χ4v) is 2.99. The molecule has 1 aliphatic rings. The molecule has 1 aliphatic heterocycles. The molecule has 0 bridgehead atoms. The Hall–Kier alpha value is -1.05. The Bertz CT molecular complexity index is 496. The van der Waals surface area contributed by atoms with Gasteiger partial charge in [-0.3, -0.25) is 4.90 Å². The summed E-state index contributed by atoms with van der Waals surface area (Å²) in [6.45, 7) is 7.30. The molecule has 92 valence electrons. The van der Waals surface area contributed by atoms with Crippen molar-refractivity contribution in [2.75, 3.05) is 26.2 Å². The van der Waals surface area contributed by atoms with Crippen LogP contribution in [0.5, 0.6) is 0 Å². The van der Waals surface area contributed by atoms with Crippen LogP contribution in [0.2, 0.25) is 0 Å². The lowest BCUT2D eigenvalue weighted by Gasteiger charge is -2.16. The third-order valence-electron chi connectivity index (χ3n) is 2.98. The summed E-state index contributed by atoms with van der Waals surface area (Å²) in [5, 5.41) is 17.2. The van der Waals surface area contributed by atoms with Gasteiger partial charge in [-0.25, -0.2) is 0 Å². The molecule has 0 atom stereocenters. The van der Waals surface area contributed by atoms with Crippen LogP contribution in [0, 0.1) is 6.92 Å². The molecule has 0 amide bonds. The maximum atomic E-state index is 4.55. The minimum Gasteiger partial charge on any atom is -0.315 e. The summed E-state index contributed by atoms with van der Waals surface area (Å²) in [5.41, 5.74) is 0. The number of hydrogen-bond acceptors (Lipinski definition) is 6. The molecule has 6 nitrogen and oxygen atoms in total. The van der Waals surface area contributed by atoms with E-state index in [1.54, 1.807) is 11.3 Å². The second kappa shape index (κ2) is 4.67. The molecule has 1 saturated heterocycles. The first-order valence-corrected chi connectivity index (χ1v) is 6.75. The van der Waals surface area contributed by atoms with Crippen LogP contribution < -0.4 is 5.32 Å². The highest BCUT2D eigenvalue weighted by Crippen LogP contribution is 2.15. The van der Waals surface area contributed by atoms with Crippen molar-refractivity contribution in [3.63, 3.8) is 0 Å². The molecule has 0 radical (unpaired) electrons. The molecule has 17 heavy (non-hydrogen) atoms. The quantitative estimate of drug-likeness (QED) is 0.832. The lowest BCUT2D eigenvalue weighted by atomic mass is 10.4. The third kappa shape index (κ3) is 2.31. The largest absolute Gasteiger partial charge is 0.315 e. The molecule has 7 heteroatoms. The minimum atomic E-state index is 0.861. The van der Waals surface area contributed by atoms with E-state index >= 15 is 0 Å². The SMILES string of the molecule is Cc1nnc2sc(CN3CCCNCC3)nn12. The van der Waals surface area contributed by atoms with E-state index in [1.165, 1.54) is 6.42 Å². The zero-order valence-electron chi connectivity index (χ0n) is 9.89. The van der Waals surface area contributed by atoms with E-state index in [9.17, 15) is 0 Å². The normalized spacial score (nSPS) is 18.6. The van der Waals surface area contributed by atoms with Crippen molar-refractivity contribution in [3.05, 3.63) is 10.8 Å². The fourth-order valence-electron chi connectivity index (χ4n) is 2.07. The second-order valence-corrected chi connectivity index (χ2v) is 5.36. The van der Waals surface area contributed by atoms with E-state index in [1.807, 2.05) is 11.4 Å². The summed E-state index contributed by atoms with van der Waals surface area (Å²) in [4.78, 5) is 3.34. The van der Waals surface area contributed by atoms with E-state index in [2.05, 4.69) is 25.5 Å². The Morgan fingerprint density at radius 3 is 3.12 bits per heavy atom. The molecular weight excluding hydrogens is 236 g/mol. The predicted octanol–water partition coefficient (Wildman–Crippen LogP) is 0.290. The third-order valence-corrected chi connectivity index (χ3v) is 3.86. The first-order chi connectivity index (χ1) is 8.33. The molecule has 0 saturated carbocycles. The lowest BCUT2D eigenvalue weighted by molar-refractivity contribution is 0.283. The van der Waals surface area contributed by atoms with E-state index in [4.69, 9.17) is 0 Å². The minimum absolute atomic E-state index is 0.861. The molecule has 3 rings (SSSR count). The molecule has 2 aromatic rings. The van der Waals surface area contributed by atoms with Gasteiger partial charge in [0.05, 0.1) is 6.54 Å². The van der Waals surface area contributed by atoms with Gasteiger partial charge in [0.15, 0.2) is 5.82 Å². The Labute approximate surface area is 104 Å². The van der Waals surface area contributed by atoms with Gasteiger partial charge >= 0.3 is 0 Å². The molecule has 0 spiro atoms. The van der Waals surface area contributed by atoms with Crippen molar-refractivity contribution in [3.8, 4) is 0 Å². The van der Waals surface area contributed by atoms with Gasteiger partial charge in [0.1, 0.15) is 5.01 Å². The van der Waals surface area contributed by atoms with Crippen LogP contribution >= 0.6 is 11.3 Å². The topological polar surface area (TPSA) is 58.4 Å². The Morgan fingerprint density at radius 1 is 1.29 bits per heavy atom.